The van der Waals surface area contributed by atoms with Gasteiger partial charge in [0.15, 0.2) is 6.54 Å². The zero-order valence-electron chi connectivity index (χ0n) is 12.6. The summed E-state index contributed by atoms with van der Waals surface area (Å²) < 4.78 is 5.34. The van der Waals surface area contributed by atoms with Crippen LogP contribution >= 0.6 is 23.2 Å². The quantitative estimate of drug-likeness (QED) is 0.769. The van der Waals surface area contributed by atoms with Crippen LogP contribution in [-0.2, 0) is 13.1 Å². The van der Waals surface area contributed by atoms with Crippen molar-refractivity contribution in [2.75, 3.05) is 7.05 Å². The van der Waals surface area contributed by atoms with Gasteiger partial charge in [-0.15, -0.1) is 0 Å². The first-order valence-electron chi connectivity index (χ1n) is 7.24. The second kappa shape index (κ2) is 7.13. The second-order valence-corrected chi connectivity index (χ2v) is 6.33. The van der Waals surface area contributed by atoms with Crippen LogP contribution in [0.25, 0.3) is 11.4 Å². The van der Waals surface area contributed by atoms with E-state index < -0.39 is 0 Å². The van der Waals surface area contributed by atoms with E-state index in [2.05, 4.69) is 23.3 Å². The summed E-state index contributed by atoms with van der Waals surface area (Å²) in [6.07, 6.45) is 0. The van der Waals surface area contributed by atoms with Gasteiger partial charge in [-0.2, -0.15) is 4.98 Å². The maximum Gasteiger partial charge on any atom is 0.282 e. The highest BCUT2D eigenvalue weighted by Gasteiger charge is 2.13. The monoisotopic (exact) mass is 348 g/mol. The minimum absolute atomic E-state index is 0.576. The van der Waals surface area contributed by atoms with Crippen LogP contribution in [0.4, 0.5) is 0 Å². The number of hydrogen-bond acceptors (Lipinski definition) is 3. The number of benzene rings is 2. The molecule has 3 aromatic rings. The van der Waals surface area contributed by atoms with Gasteiger partial charge in [-0.25, -0.2) is 0 Å². The van der Waals surface area contributed by atoms with Crippen LogP contribution in [0.1, 0.15) is 11.5 Å². The molecule has 6 heteroatoms. The lowest BCUT2D eigenvalue weighted by Gasteiger charge is -2.11. The smallest absolute Gasteiger partial charge is 0.282 e. The Morgan fingerprint density at radius 3 is 2.52 bits per heavy atom. The predicted octanol–water partition coefficient (Wildman–Crippen LogP) is 3.26. The fourth-order valence-electron chi connectivity index (χ4n) is 2.36. The molecule has 1 aromatic heterocycles. The zero-order chi connectivity index (χ0) is 16.2. The summed E-state index contributed by atoms with van der Waals surface area (Å²) in [6.45, 7) is 1.48. The molecule has 0 fully saturated rings. The molecule has 1 heterocycles. The Bertz CT molecular complexity index is 787. The van der Waals surface area contributed by atoms with Gasteiger partial charge in [0.1, 0.15) is 6.54 Å². The van der Waals surface area contributed by atoms with Crippen LogP contribution in [0.2, 0.25) is 10.0 Å². The average molecular weight is 349 g/mol. The number of aromatic nitrogens is 2. The van der Waals surface area contributed by atoms with Gasteiger partial charge in [0.25, 0.3) is 5.89 Å². The van der Waals surface area contributed by atoms with Gasteiger partial charge in [0.05, 0.1) is 7.05 Å². The van der Waals surface area contributed by atoms with E-state index in [1.54, 1.807) is 0 Å². The molecule has 2 aromatic carbocycles. The molecule has 23 heavy (non-hydrogen) atoms. The first-order chi connectivity index (χ1) is 11.1. The highest BCUT2D eigenvalue weighted by molar-refractivity contribution is 6.30. The van der Waals surface area contributed by atoms with E-state index in [4.69, 9.17) is 27.7 Å². The summed E-state index contributed by atoms with van der Waals surface area (Å²) in [5.41, 5.74) is 2.06. The van der Waals surface area contributed by atoms with Crippen LogP contribution in [0.5, 0.6) is 0 Å². The van der Waals surface area contributed by atoms with Crippen molar-refractivity contribution in [2.45, 2.75) is 13.1 Å². The van der Waals surface area contributed by atoms with E-state index in [0.717, 1.165) is 17.1 Å². The Kier molecular flexibility index (Phi) is 4.96. The summed E-state index contributed by atoms with van der Waals surface area (Å²) in [6, 6.07) is 15.2. The van der Waals surface area contributed by atoms with E-state index in [1.165, 1.54) is 10.5 Å². The minimum Gasteiger partial charge on any atom is -0.333 e. The van der Waals surface area contributed by atoms with E-state index in [0.29, 0.717) is 23.3 Å². The molecular formula is C17H16Cl2N3O+. The first-order valence-corrected chi connectivity index (χ1v) is 8.00. The molecule has 118 valence electrons. The molecule has 0 saturated carbocycles. The highest BCUT2D eigenvalue weighted by atomic mass is 35.5. The third-order valence-corrected chi connectivity index (χ3v) is 3.91. The number of hydrogen-bond donors (Lipinski definition) is 1. The summed E-state index contributed by atoms with van der Waals surface area (Å²) in [5.74, 6) is 1.18. The molecule has 0 bridgehead atoms. The van der Waals surface area contributed by atoms with Gasteiger partial charge in [0.2, 0.25) is 5.82 Å². The molecule has 1 unspecified atom stereocenters. The van der Waals surface area contributed by atoms with Gasteiger partial charge < -0.3 is 9.42 Å². The summed E-state index contributed by atoms with van der Waals surface area (Å²) in [4.78, 5) is 5.68. The number of nitrogens with one attached hydrogen (secondary N) is 1. The van der Waals surface area contributed by atoms with Crippen molar-refractivity contribution in [3.05, 3.63) is 70.0 Å². The van der Waals surface area contributed by atoms with Crippen molar-refractivity contribution in [2.24, 2.45) is 0 Å². The molecule has 1 N–H and O–H groups in total. The van der Waals surface area contributed by atoms with Crippen molar-refractivity contribution >= 4 is 23.2 Å². The normalized spacial score (nSPS) is 12.3. The minimum atomic E-state index is 0.576. The van der Waals surface area contributed by atoms with Gasteiger partial charge in [-0.05, 0) is 36.4 Å². The molecule has 0 aliphatic carbocycles. The van der Waals surface area contributed by atoms with Crippen molar-refractivity contribution in [1.82, 2.24) is 10.1 Å². The fourth-order valence-corrected chi connectivity index (χ4v) is 2.70. The first kappa shape index (κ1) is 16.0. The summed E-state index contributed by atoms with van der Waals surface area (Å²) in [7, 11) is 2.08. The highest BCUT2D eigenvalue weighted by Crippen LogP contribution is 2.18. The standard InChI is InChI=1S/C17H15Cl2N3O/c1-22(10-12-3-2-4-15(19)9-12)11-16-20-17(21-23-16)13-5-7-14(18)8-6-13/h2-9H,10-11H2,1H3/p+1. The summed E-state index contributed by atoms with van der Waals surface area (Å²) in [5, 5.41) is 5.46. The maximum atomic E-state index is 6.01. The Morgan fingerprint density at radius 2 is 1.78 bits per heavy atom. The molecule has 0 aliphatic rings. The largest absolute Gasteiger partial charge is 0.333 e. The van der Waals surface area contributed by atoms with Crippen molar-refractivity contribution in [1.29, 1.82) is 0 Å². The maximum absolute atomic E-state index is 6.01. The molecule has 0 radical (unpaired) electrons. The van der Waals surface area contributed by atoms with Gasteiger partial charge >= 0.3 is 0 Å². The van der Waals surface area contributed by atoms with E-state index in [-0.39, 0.29) is 0 Å². The summed E-state index contributed by atoms with van der Waals surface area (Å²) >= 11 is 11.9. The number of quaternary nitrogens is 1. The van der Waals surface area contributed by atoms with Crippen LogP contribution in [0.3, 0.4) is 0 Å². The van der Waals surface area contributed by atoms with Crippen molar-refractivity contribution in [3.8, 4) is 11.4 Å². The fraction of sp³-hybridized carbons (Fsp3) is 0.176. The number of nitrogens with zero attached hydrogens (tertiary/aromatic N) is 2. The molecule has 0 amide bonds. The molecule has 0 aliphatic heterocycles. The van der Waals surface area contributed by atoms with Crippen molar-refractivity contribution < 1.29 is 9.42 Å². The lowest BCUT2D eigenvalue weighted by molar-refractivity contribution is -0.909. The lowest BCUT2D eigenvalue weighted by atomic mass is 10.2. The average Bonchev–Trinajstić information content (AvgIpc) is 2.96. The zero-order valence-corrected chi connectivity index (χ0v) is 14.1. The number of rotatable bonds is 5. The molecule has 4 nitrogen and oxygen atoms in total. The molecule has 0 saturated heterocycles. The molecule has 0 spiro atoms. The van der Waals surface area contributed by atoms with Crippen molar-refractivity contribution in [3.63, 3.8) is 0 Å². The Balaban J connectivity index is 1.65. The third kappa shape index (κ3) is 4.32. The second-order valence-electron chi connectivity index (χ2n) is 5.46. The Hall–Kier alpha value is -1.88. The number of halogens is 2. The lowest BCUT2D eigenvalue weighted by Crippen LogP contribution is -3.06. The van der Waals surface area contributed by atoms with Crippen LogP contribution in [-0.4, -0.2) is 17.2 Å². The van der Waals surface area contributed by atoms with Gasteiger partial charge in [-0.3, -0.25) is 0 Å². The SMILES string of the molecule is C[NH+](Cc1cccc(Cl)c1)Cc1nc(-c2ccc(Cl)cc2)no1. The van der Waals surface area contributed by atoms with Gasteiger partial charge in [-0.1, -0.05) is 40.5 Å². The molecular weight excluding hydrogens is 333 g/mol. The topological polar surface area (TPSA) is 43.4 Å². The van der Waals surface area contributed by atoms with Gasteiger partial charge in [0, 0.05) is 21.2 Å². The van der Waals surface area contributed by atoms with Crippen LogP contribution < -0.4 is 4.90 Å². The molecule has 1 atom stereocenters. The van der Waals surface area contributed by atoms with Crippen LogP contribution in [0.15, 0.2) is 53.1 Å². The third-order valence-electron chi connectivity index (χ3n) is 3.42. The van der Waals surface area contributed by atoms with E-state index >= 15 is 0 Å². The Labute approximate surface area is 144 Å². The predicted molar refractivity (Wildman–Crippen MR) is 90.5 cm³/mol. The Morgan fingerprint density at radius 1 is 1.00 bits per heavy atom. The van der Waals surface area contributed by atoms with Crippen LogP contribution in [0, 0.1) is 0 Å². The molecule has 3 rings (SSSR count). The van der Waals surface area contributed by atoms with E-state index in [1.807, 2.05) is 42.5 Å². The van der Waals surface area contributed by atoms with E-state index in [9.17, 15) is 0 Å².